The van der Waals surface area contributed by atoms with Gasteiger partial charge in [0, 0.05) is 13.1 Å². The summed E-state index contributed by atoms with van der Waals surface area (Å²) < 4.78 is 28.8. The molecule has 1 aromatic rings. The van der Waals surface area contributed by atoms with Crippen LogP contribution < -0.4 is 4.72 Å². The molecule has 0 aliphatic carbocycles. The molecule has 0 aliphatic heterocycles. The molecule has 0 amide bonds. The average Bonchev–Trinajstić information content (AvgIpc) is 2.44. The minimum atomic E-state index is -3.53. The van der Waals surface area contributed by atoms with Crippen LogP contribution in [0.2, 0.25) is 0 Å². The van der Waals surface area contributed by atoms with Crippen molar-refractivity contribution in [2.24, 2.45) is 0 Å². The standard InChI is InChI=1S/C19H34N2O2S.ClH/c1-13(2)16-11-17(14(3)4)19(18(12-16)15(5)6)24(22,23)20-9-10-21(7)8;/h11-15,20H,9-10H2,1-8H3;1H. The Balaban J connectivity index is 0.00000576. The molecule has 0 bridgehead atoms. The number of sulfonamides is 1. The number of rotatable bonds is 8. The lowest BCUT2D eigenvalue weighted by Gasteiger charge is -2.23. The fourth-order valence-electron chi connectivity index (χ4n) is 2.68. The van der Waals surface area contributed by atoms with Crippen LogP contribution in [0, 0.1) is 0 Å². The van der Waals surface area contributed by atoms with Gasteiger partial charge >= 0.3 is 0 Å². The number of likely N-dealkylation sites (N-methyl/N-ethyl adjacent to an activating group) is 1. The Morgan fingerprint density at radius 1 is 0.920 bits per heavy atom. The quantitative estimate of drug-likeness (QED) is 0.719. The van der Waals surface area contributed by atoms with E-state index in [1.165, 1.54) is 5.56 Å². The molecule has 0 unspecified atom stereocenters. The smallest absolute Gasteiger partial charge is 0.241 e. The van der Waals surface area contributed by atoms with Crippen LogP contribution in [-0.4, -0.2) is 40.5 Å². The predicted octanol–water partition coefficient (Wildman–Crippen LogP) is 4.32. The zero-order valence-electron chi connectivity index (χ0n) is 16.9. The zero-order valence-corrected chi connectivity index (χ0v) is 18.5. The highest BCUT2D eigenvalue weighted by atomic mass is 35.5. The van der Waals surface area contributed by atoms with Gasteiger partial charge in [0.25, 0.3) is 0 Å². The molecule has 1 aromatic carbocycles. The molecule has 0 saturated heterocycles. The third kappa shape index (κ3) is 6.55. The molecule has 25 heavy (non-hydrogen) atoms. The van der Waals surface area contributed by atoms with Crippen LogP contribution >= 0.6 is 12.4 Å². The Hall–Kier alpha value is -0.620. The summed E-state index contributed by atoms with van der Waals surface area (Å²) in [5, 5.41) is 0. The van der Waals surface area contributed by atoms with E-state index >= 15 is 0 Å². The van der Waals surface area contributed by atoms with Gasteiger partial charge in [-0.05, 0) is 48.5 Å². The molecule has 0 aliphatic rings. The number of hydrogen-bond acceptors (Lipinski definition) is 3. The summed E-state index contributed by atoms with van der Waals surface area (Å²) in [4.78, 5) is 2.45. The van der Waals surface area contributed by atoms with Gasteiger partial charge in [-0.1, -0.05) is 53.7 Å². The molecular formula is C19H35ClN2O2S. The summed E-state index contributed by atoms with van der Waals surface area (Å²) in [6.07, 6.45) is 0. The molecule has 1 rings (SSSR count). The van der Waals surface area contributed by atoms with Crippen LogP contribution in [-0.2, 0) is 10.0 Å². The second-order valence-electron chi connectivity index (χ2n) is 7.69. The minimum absolute atomic E-state index is 0. The van der Waals surface area contributed by atoms with Crippen molar-refractivity contribution < 1.29 is 8.42 Å². The lowest BCUT2D eigenvalue weighted by Crippen LogP contribution is -2.32. The molecule has 0 aromatic heterocycles. The normalized spacial score (nSPS) is 12.3. The van der Waals surface area contributed by atoms with E-state index in [-0.39, 0.29) is 24.2 Å². The fourth-order valence-corrected chi connectivity index (χ4v) is 4.39. The second-order valence-corrected chi connectivity index (χ2v) is 9.40. The summed E-state index contributed by atoms with van der Waals surface area (Å²) in [5.41, 5.74) is 3.04. The Labute approximate surface area is 160 Å². The maximum atomic E-state index is 13.0. The number of benzene rings is 1. The van der Waals surface area contributed by atoms with Crippen LogP contribution in [0.1, 0.15) is 76.0 Å². The molecule has 0 saturated carbocycles. The van der Waals surface area contributed by atoms with E-state index in [0.29, 0.717) is 23.9 Å². The van der Waals surface area contributed by atoms with Gasteiger partial charge in [-0.25, -0.2) is 13.1 Å². The summed E-state index contributed by atoms with van der Waals surface area (Å²) in [5.74, 6) is 0.682. The number of nitrogens with zero attached hydrogens (tertiary/aromatic N) is 1. The van der Waals surface area contributed by atoms with E-state index in [1.54, 1.807) is 0 Å². The molecule has 146 valence electrons. The predicted molar refractivity (Wildman–Crippen MR) is 110 cm³/mol. The maximum Gasteiger partial charge on any atom is 0.241 e. The second kappa shape index (κ2) is 9.91. The lowest BCUT2D eigenvalue weighted by atomic mass is 9.89. The molecule has 4 nitrogen and oxygen atoms in total. The van der Waals surface area contributed by atoms with Crippen LogP contribution in [0.4, 0.5) is 0 Å². The summed E-state index contributed by atoms with van der Waals surface area (Å²) in [7, 11) is 0.344. The van der Waals surface area contributed by atoms with E-state index in [1.807, 2.05) is 19.0 Å². The molecule has 0 atom stereocenters. The van der Waals surface area contributed by atoms with Crippen molar-refractivity contribution in [2.45, 2.75) is 64.2 Å². The van der Waals surface area contributed by atoms with Crippen LogP contribution in [0.25, 0.3) is 0 Å². The Morgan fingerprint density at radius 3 is 1.68 bits per heavy atom. The first kappa shape index (κ1) is 24.4. The van der Waals surface area contributed by atoms with Crippen molar-refractivity contribution in [1.82, 2.24) is 9.62 Å². The molecule has 0 spiro atoms. The van der Waals surface area contributed by atoms with E-state index in [0.717, 1.165) is 11.1 Å². The van der Waals surface area contributed by atoms with Gasteiger partial charge in [-0.2, -0.15) is 0 Å². The van der Waals surface area contributed by atoms with E-state index in [2.05, 4.69) is 58.4 Å². The lowest BCUT2D eigenvalue weighted by molar-refractivity contribution is 0.412. The SMILES string of the molecule is CC(C)c1cc(C(C)C)c(S(=O)(=O)NCCN(C)C)c(C(C)C)c1.Cl. The Kier molecular flexibility index (Phi) is 9.66. The first-order valence-corrected chi connectivity index (χ1v) is 10.3. The van der Waals surface area contributed by atoms with Crippen LogP contribution in [0.5, 0.6) is 0 Å². The third-order valence-electron chi connectivity index (χ3n) is 4.20. The summed E-state index contributed by atoms with van der Waals surface area (Å²) >= 11 is 0. The van der Waals surface area contributed by atoms with Crippen molar-refractivity contribution >= 4 is 22.4 Å². The number of nitrogens with one attached hydrogen (secondary N) is 1. The highest BCUT2D eigenvalue weighted by Gasteiger charge is 2.26. The molecule has 1 N–H and O–H groups in total. The van der Waals surface area contributed by atoms with Gasteiger partial charge in [-0.3, -0.25) is 0 Å². The largest absolute Gasteiger partial charge is 0.308 e. The van der Waals surface area contributed by atoms with Gasteiger partial charge in [0.2, 0.25) is 10.0 Å². The highest BCUT2D eigenvalue weighted by Crippen LogP contribution is 2.34. The molecule has 6 heteroatoms. The Morgan fingerprint density at radius 2 is 1.36 bits per heavy atom. The van der Waals surface area contributed by atoms with Crippen molar-refractivity contribution in [3.63, 3.8) is 0 Å². The van der Waals surface area contributed by atoms with Gasteiger partial charge in [0.1, 0.15) is 0 Å². The van der Waals surface area contributed by atoms with Crippen LogP contribution in [0.15, 0.2) is 17.0 Å². The van der Waals surface area contributed by atoms with Gasteiger partial charge in [0.05, 0.1) is 4.90 Å². The monoisotopic (exact) mass is 390 g/mol. The summed E-state index contributed by atoms with van der Waals surface area (Å²) in [6, 6.07) is 4.14. The van der Waals surface area contributed by atoms with Gasteiger partial charge in [0.15, 0.2) is 0 Å². The summed E-state index contributed by atoms with van der Waals surface area (Å²) in [6.45, 7) is 13.6. The first-order chi connectivity index (χ1) is 11.0. The molecule has 0 fully saturated rings. The van der Waals surface area contributed by atoms with E-state index < -0.39 is 10.0 Å². The molecule has 0 radical (unpaired) electrons. The van der Waals surface area contributed by atoms with E-state index in [9.17, 15) is 8.42 Å². The van der Waals surface area contributed by atoms with E-state index in [4.69, 9.17) is 0 Å². The highest BCUT2D eigenvalue weighted by molar-refractivity contribution is 7.89. The molecule has 0 heterocycles. The van der Waals surface area contributed by atoms with Crippen molar-refractivity contribution in [1.29, 1.82) is 0 Å². The van der Waals surface area contributed by atoms with Crippen molar-refractivity contribution in [3.05, 3.63) is 28.8 Å². The van der Waals surface area contributed by atoms with Gasteiger partial charge < -0.3 is 4.90 Å². The van der Waals surface area contributed by atoms with Gasteiger partial charge in [-0.15, -0.1) is 12.4 Å². The maximum absolute atomic E-state index is 13.0. The van der Waals surface area contributed by atoms with Crippen molar-refractivity contribution in [3.8, 4) is 0 Å². The Bertz CT molecular complexity index is 624. The minimum Gasteiger partial charge on any atom is -0.308 e. The molecular weight excluding hydrogens is 356 g/mol. The average molecular weight is 391 g/mol. The van der Waals surface area contributed by atoms with Crippen LogP contribution in [0.3, 0.4) is 0 Å². The first-order valence-electron chi connectivity index (χ1n) is 8.79. The zero-order chi connectivity index (χ0) is 18.7. The third-order valence-corrected chi connectivity index (χ3v) is 5.79. The topological polar surface area (TPSA) is 49.4 Å². The van der Waals surface area contributed by atoms with Crippen molar-refractivity contribution in [2.75, 3.05) is 27.2 Å². The number of hydrogen-bond donors (Lipinski definition) is 1. The number of halogens is 1. The fraction of sp³-hybridized carbons (Fsp3) is 0.684.